The van der Waals surface area contributed by atoms with E-state index in [2.05, 4.69) is 33.6 Å². The number of aliphatic imine (C=N–C) groups is 1. The largest absolute Gasteiger partial charge is 0.375 e. The molecule has 1 amide bonds. The molecule has 0 aliphatic carbocycles. The number of carbonyl (C=O) groups excluding carboxylic acids is 1. The molecule has 7 nitrogen and oxygen atoms in total. The first-order valence-electron chi connectivity index (χ1n) is 10.6. The Hall–Kier alpha value is -2.84. The number of fused-ring (bicyclic) bond motifs is 3. The van der Waals surface area contributed by atoms with E-state index in [9.17, 15) is 4.79 Å². The van der Waals surface area contributed by atoms with E-state index < -0.39 is 0 Å². The van der Waals surface area contributed by atoms with Crippen LogP contribution in [0.25, 0.3) is 10.6 Å². The SMILES string of the molecule is CCOCc1cn(C2=NCC(=O)N3CCc4c(-c5nc(C)cs5)cccc4C3C2)cn1. The van der Waals surface area contributed by atoms with E-state index in [1.165, 1.54) is 16.7 Å². The first-order valence-corrected chi connectivity index (χ1v) is 11.5. The van der Waals surface area contributed by atoms with E-state index in [1.54, 1.807) is 17.7 Å². The number of carbonyl (C=O) groups is 1. The number of thiazole rings is 1. The quantitative estimate of drug-likeness (QED) is 0.627. The zero-order valence-corrected chi connectivity index (χ0v) is 18.6. The van der Waals surface area contributed by atoms with Gasteiger partial charge in [0.25, 0.3) is 0 Å². The van der Waals surface area contributed by atoms with E-state index in [0.29, 0.717) is 26.2 Å². The molecule has 3 aromatic rings. The Labute approximate surface area is 185 Å². The van der Waals surface area contributed by atoms with Gasteiger partial charge < -0.3 is 9.64 Å². The lowest BCUT2D eigenvalue weighted by Gasteiger charge is -2.37. The number of aryl methyl sites for hydroxylation is 1. The molecule has 0 bridgehead atoms. The van der Waals surface area contributed by atoms with Crippen LogP contribution < -0.4 is 0 Å². The molecule has 160 valence electrons. The van der Waals surface area contributed by atoms with E-state index in [0.717, 1.165) is 28.7 Å². The number of amides is 1. The second kappa shape index (κ2) is 8.36. The van der Waals surface area contributed by atoms with Crippen molar-refractivity contribution in [2.24, 2.45) is 4.99 Å². The van der Waals surface area contributed by atoms with Gasteiger partial charge in [-0.2, -0.15) is 0 Å². The highest BCUT2D eigenvalue weighted by molar-refractivity contribution is 7.13. The maximum Gasteiger partial charge on any atom is 0.244 e. The first kappa shape index (κ1) is 20.1. The Balaban J connectivity index is 1.50. The Bertz CT molecular complexity index is 1150. The third-order valence-electron chi connectivity index (χ3n) is 5.88. The van der Waals surface area contributed by atoms with Gasteiger partial charge in [-0.3, -0.25) is 14.4 Å². The highest BCUT2D eigenvalue weighted by Crippen LogP contribution is 2.39. The summed E-state index contributed by atoms with van der Waals surface area (Å²) in [5.41, 5.74) is 5.59. The average molecular weight is 436 g/mol. The summed E-state index contributed by atoms with van der Waals surface area (Å²) in [5.74, 6) is 0.940. The lowest BCUT2D eigenvalue weighted by Crippen LogP contribution is -2.41. The molecule has 0 fully saturated rings. The van der Waals surface area contributed by atoms with Crippen molar-refractivity contribution >= 4 is 23.1 Å². The van der Waals surface area contributed by atoms with Gasteiger partial charge in [-0.1, -0.05) is 18.2 Å². The Morgan fingerprint density at radius 2 is 2.23 bits per heavy atom. The van der Waals surface area contributed by atoms with Gasteiger partial charge in [0, 0.05) is 42.4 Å². The molecule has 0 saturated carbocycles. The van der Waals surface area contributed by atoms with Crippen molar-refractivity contribution in [3.63, 3.8) is 0 Å². The van der Waals surface area contributed by atoms with Crippen molar-refractivity contribution < 1.29 is 9.53 Å². The van der Waals surface area contributed by atoms with Crippen molar-refractivity contribution in [1.82, 2.24) is 19.4 Å². The minimum absolute atomic E-state index is 0.0312. The van der Waals surface area contributed by atoms with Crippen LogP contribution in [0.2, 0.25) is 0 Å². The molecule has 1 aromatic carbocycles. The number of benzene rings is 1. The zero-order valence-electron chi connectivity index (χ0n) is 17.7. The van der Waals surface area contributed by atoms with Crippen LogP contribution in [-0.4, -0.2) is 50.9 Å². The predicted molar refractivity (Wildman–Crippen MR) is 120 cm³/mol. The van der Waals surface area contributed by atoms with Crippen molar-refractivity contribution in [3.8, 4) is 10.6 Å². The Kier molecular flexibility index (Phi) is 5.41. The molecule has 2 aromatic heterocycles. The van der Waals surface area contributed by atoms with Crippen LogP contribution in [0.5, 0.6) is 0 Å². The standard InChI is InChI=1S/C23H25N5O2S/c1-3-30-12-16-11-27(14-25-16)21-9-20-18-5-4-6-19(23-26-15(2)13-31-23)17(18)7-8-28(20)22(29)10-24-21/h4-6,11,13-14,20H,3,7-10,12H2,1-2H3. The van der Waals surface area contributed by atoms with Crippen molar-refractivity contribution in [1.29, 1.82) is 0 Å². The number of ether oxygens (including phenoxy) is 1. The van der Waals surface area contributed by atoms with Crippen LogP contribution in [0.4, 0.5) is 0 Å². The van der Waals surface area contributed by atoms with Gasteiger partial charge in [0.1, 0.15) is 23.7 Å². The van der Waals surface area contributed by atoms with E-state index in [4.69, 9.17) is 9.72 Å². The molecule has 0 saturated heterocycles. The van der Waals surface area contributed by atoms with E-state index >= 15 is 0 Å². The van der Waals surface area contributed by atoms with Gasteiger partial charge in [0.2, 0.25) is 5.91 Å². The Morgan fingerprint density at radius 3 is 3.03 bits per heavy atom. The van der Waals surface area contributed by atoms with Gasteiger partial charge >= 0.3 is 0 Å². The van der Waals surface area contributed by atoms with Crippen LogP contribution in [0, 0.1) is 6.92 Å². The van der Waals surface area contributed by atoms with E-state index in [-0.39, 0.29) is 18.5 Å². The number of aromatic nitrogens is 3. The number of imidazole rings is 1. The third-order valence-corrected chi connectivity index (χ3v) is 6.87. The fourth-order valence-electron chi connectivity index (χ4n) is 4.41. The highest BCUT2D eigenvalue weighted by Gasteiger charge is 2.35. The van der Waals surface area contributed by atoms with Crippen LogP contribution >= 0.6 is 11.3 Å². The van der Waals surface area contributed by atoms with Gasteiger partial charge in [-0.15, -0.1) is 11.3 Å². The molecule has 8 heteroatoms. The van der Waals surface area contributed by atoms with Crippen molar-refractivity contribution in [2.75, 3.05) is 19.7 Å². The summed E-state index contributed by atoms with van der Waals surface area (Å²) in [5, 5.41) is 3.13. The number of nitrogens with zero attached hydrogens (tertiary/aromatic N) is 5. The monoisotopic (exact) mass is 435 g/mol. The first-order chi connectivity index (χ1) is 15.1. The molecule has 0 radical (unpaired) electrons. The normalized spacial score (nSPS) is 18.4. The predicted octanol–water partition coefficient (Wildman–Crippen LogP) is 3.63. The summed E-state index contributed by atoms with van der Waals surface area (Å²) in [6.07, 6.45) is 5.22. The second-order valence-electron chi connectivity index (χ2n) is 7.87. The summed E-state index contributed by atoms with van der Waals surface area (Å²) in [4.78, 5) is 28.7. The summed E-state index contributed by atoms with van der Waals surface area (Å²) < 4.78 is 7.41. The fourth-order valence-corrected chi connectivity index (χ4v) is 5.26. The Morgan fingerprint density at radius 1 is 1.32 bits per heavy atom. The lowest BCUT2D eigenvalue weighted by molar-refractivity contribution is -0.132. The summed E-state index contributed by atoms with van der Waals surface area (Å²) in [6.45, 7) is 6.00. The molecule has 5 rings (SSSR count). The molecule has 1 unspecified atom stereocenters. The molecular formula is C23H25N5O2S. The summed E-state index contributed by atoms with van der Waals surface area (Å²) >= 11 is 1.68. The molecule has 0 N–H and O–H groups in total. The molecule has 4 heterocycles. The van der Waals surface area contributed by atoms with Crippen LogP contribution in [-0.2, 0) is 22.6 Å². The molecule has 0 spiro atoms. The maximum absolute atomic E-state index is 12.9. The van der Waals surface area contributed by atoms with Crippen LogP contribution in [0.3, 0.4) is 0 Å². The number of rotatable bonds is 4. The topological polar surface area (TPSA) is 72.6 Å². The van der Waals surface area contributed by atoms with Crippen molar-refractivity contribution in [3.05, 3.63) is 58.6 Å². The second-order valence-corrected chi connectivity index (χ2v) is 8.72. The lowest BCUT2D eigenvalue weighted by atomic mass is 9.87. The van der Waals surface area contributed by atoms with Gasteiger partial charge in [-0.05, 0) is 31.4 Å². The zero-order chi connectivity index (χ0) is 21.4. The van der Waals surface area contributed by atoms with Gasteiger partial charge in [0.15, 0.2) is 0 Å². The van der Waals surface area contributed by atoms with Gasteiger partial charge in [-0.25, -0.2) is 9.97 Å². The number of hydrogen-bond acceptors (Lipinski definition) is 6. The minimum Gasteiger partial charge on any atom is -0.375 e. The van der Waals surface area contributed by atoms with Gasteiger partial charge in [0.05, 0.1) is 18.3 Å². The highest BCUT2D eigenvalue weighted by atomic mass is 32.1. The summed E-state index contributed by atoms with van der Waals surface area (Å²) in [7, 11) is 0. The fraction of sp³-hybridized carbons (Fsp3) is 0.391. The maximum atomic E-state index is 12.9. The summed E-state index contributed by atoms with van der Waals surface area (Å²) in [6, 6.07) is 6.35. The van der Waals surface area contributed by atoms with E-state index in [1.807, 2.05) is 29.5 Å². The van der Waals surface area contributed by atoms with Crippen LogP contribution in [0.15, 0.2) is 41.1 Å². The smallest absolute Gasteiger partial charge is 0.244 e. The van der Waals surface area contributed by atoms with Crippen molar-refractivity contribution in [2.45, 2.75) is 39.3 Å². The molecular weight excluding hydrogens is 410 g/mol. The minimum atomic E-state index is -0.0312. The van der Waals surface area contributed by atoms with Crippen LogP contribution in [0.1, 0.15) is 41.9 Å². The molecule has 31 heavy (non-hydrogen) atoms. The molecule has 1 atom stereocenters. The molecule has 2 aliphatic rings. The number of hydrogen-bond donors (Lipinski definition) is 0. The molecule has 2 aliphatic heterocycles. The average Bonchev–Trinajstić information content (AvgIpc) is 3.39. The third kappa shape index (κ3) is 3.81.